The van der Waals surface area contributed by atoms with Crippen molar-refractivity contribution in [2.75, 3.05) is 13.2 Å². The van der Waals surface area contributed by atoms with E-state index in [0.717, 1.165) is 18.2 Å². The van der Waals surface area contributed by atoms with Crippen molar-refractivity contribution in [3.63, 3.8) is 0 Å². The van der Waals surface area contributed by atoms with Gasteiger partial charge in [-0.3, -0.25) is 4.79 Å². The summed E-state index contributed by atoms with van der Waals surface area (Å²) in [4.78, 5) is 13.2. The minimum atomic E-state index is -1.86. The third-order valence-electron chi connectivity index (χ3n) is 7.52. The Labute approximate surface area is 241 Å². The second-order valence-electron chi connectivity index (χ2n) is 10.3. The number of fused-ring (bicyclic) bond motifs is 1. The van der Waals surface area contributed by atoms with E-state index >= 15 is 0 Å². The largest absolute Gasteiger partial charge is 0.507 e. The van der Waals surface area contributed by atoms with Gasteiger partial charge in [-0.25, -0.2) is 0 Å². The van der Waals surface area contributed by atoms with Crippen molar-refractivity contribution in [2.24, 2.45) is 0 Å². The van der Waals surface area contributed by atoms with Gasteiger partial charge in [-0.05, 0) is 18.2 Å². The fraction of sp³-hybridized carbons (Fsp3) is 0.444. The molecular weight excluding hydrogens is 580 g/mol. The quantitative estimate of drug-likeness (QED) is 0.135. The molecule has 5 unspecified atom stereocenters. The van der Waals surface area contributed by atoms with E-state index < -0.39 is 108 Å². The Bertz CT molecular complexity index is 1540. The molecule has 2 aliphatic heterocycles. The highest BCUT2D eigenvalue weighted by Gasteiger charge is 2.47. The molecule has 0 amide bonds. The van der Waals surface area contributed by atoms with Gasteiger partial charge in [0.05, 0.1) is 18.8 Å². The Balaban J connectivity index is 1.50. The first kappa shape index (κ1) is 30.9. The first-order chi connectivity index (χ1) is 20.4. The Morgan fingerprint density at radius 2 is 1.35 bits per heavy atom. The molecule has 0 spiro atoms. The molecule has 1 aromatic heterocycles. The van der Waals surface area contributed by atoms with Crippen LogP contribution in [-0.4, -0.2) is 125 Å². The highest BCUT2D eigenvalue weighted by atomic mass is 16.7. The average molecular weight is 611 g/mol. The van der Waals surface area contributed by atoms with E-state index in [4.69, 9.17) is 18.6 Å². The second-order valence-corrected chi connectivity index (χ2v) is 10.3. The van der Waals surface area contributed by atoms with E-state index in [1.165, 1.54) is 12.1 Å². The van der Waals surface area contributed by atoms with Gasteiger partial charge in [-0.2, -0.15) is 0 Å². The molecule has 43 heavy (non-hydrogen) atoms. The van der Waals surface area contributed by atoms with Crippen molar-refractivity contribution in [3.8, 4) is 34.3 Å². The van der Waals surface area contributed by atoms with Gasteiger partial charge in [-0.1, -0.05) is 0 Å². The number of rotatable bonds is 6. The van der Waals surface area contributed by atoms with Gasteiger partial charge < -0.3 is 74.8 Å². The smallest absolute Gasteiger partial charge is 0.229 e. The summed E-state index contributed by atoms with van der Waals surface area (Å²) in [7, 11) is 0. The van der Waals surface area contributed by atoms with Crippen molar-refractivity contribution >= 4 is 11.0 Å². The molecule has 2 aromatic carbocycles. The standard InChI is InChI=1S/C27H30O16/c28-6-15-19(33)22(36)24(38)26(41-15)18-11(32)5-14-17(21(18)35)10(31)4-12(40-14)8-1-2-9(30)13(3-8)42-27-25(39)23(37)20(34)16(7-29)43-27/h1-5,15-16,19-20,22-30,32-39H,6-7H2/t15?,16?,19-,20-,22+,23?,24?,25?,26+,27-/m1/s1. The lowest BCUT2D eigenvalue weighted by atomic mass is 9.89. The van der Waals surface area contributed by atoms with Crippen LogP contribution in [0.4, 0.5) is 0 Å². The molecule has 0 aliphatic carbocycles. The molecule has 5 rings (SSSR count). The van der Waals surface area contributed by atoms with E-state index in [2.05, 4.69) is 0 Å². The normalized spacial score (nSPS) is 33.0. The topological polar surface area (TPSA) is 280 Å². The first-order valence-electron chi connectivity index (χ1n) is 13.0. The van der Waals surface area contributed by atoms with Crippen LogP contribution in [0.2, 0.25) is 0 Å². The number of aliphatic hydroxyl groups excluding tert-OH is 8. The molecule has 2 fully saturated rings. The van der Waals surface area contributed by atoms with Crippen LogP contribution in [0.5, 0.6) is 23.0 Å². The van der Waals surface area contributed by atoms with Crippen LogP contribution in [-0.2, 0) is 9.47 Å². The fourth-order valence-electron chi connectivity index (χ4n) is 5.12. The lowest BCUT2D eigenvalue weighted by Gasteiger charge is -2.40. The summed E-state index contributed by atoms with van der Waals surface area (Å²) < 4.78 is 21.9. The van der Waals surface area contributed by atoms with E-state index in [9.17, 15) is 61.0 Å². The van der Waals surface area contributed by atoms with E-state index in [0.29, 0.717) is 0 Å². The van der Waals surface area contributed by atoms with E-state index in [1.54, 1.807) is 0 Å². The summed E-state index contributed by atoms with van der Waals surface area (Å²) in [5, 5.41) is 111. The predicted molar refractivity (Wildman–Crippen MR) is 140 cm³/mol. The maximum atomic E-state index is 13.2. The molecule has 16 heteroatoms. The van der Waals surface area contributed by atoms with Crippen molar-refractivity contribution in [1.29, 1.82) is 0 Å². The van der Waals surface area contributed by atoms with E-state index in [1.807, 2.05) is 0 Å². The molecule has 2 saturated heterocycles. The van der Waals surface area contributed by atoms with Crippen LogP contribution < -0.4 is 10.2 Å². The van der Waals surface area contributed by atoms with Crippen molar-refractivity contribution < 1.29 is 74.8 Å². The lowest BCUT2D eigenvalue weighted by Crippen LogP contribution is -2.60. The van der Waals surface area contributed by atoms with Crippen LogP contribution >= 0.6 is 0 Å². The van der Waals surface area contributed by atoms with Crippen molar-refractivity contribution in [1.82, 2.24) is 0 Å². The molecule has 0 bridgehead atoms. The first-order valence-corrected chi connectivity index (χ1v) is 13.0. The molecule has 2 aliphatic rings. The number of hydrogen-bond donors (Lipinski definition) is 11. The molecule has 10 atom stereocenters. The van der Waals surface area contributed by atoms with Gasteiger partial charge >= 0.3 is 0 Å². The van der Waals surface area contributed by atoms with Crippen molar-refractivity contribution in [2.45, 2.75) is 61.2 Å². The predicted octanol–water partition coefficient (Wildman–Crippen LogP) is -2.73. The number of ether oxygens (including phenoxy) is 3. The third-order valence-corrected chi connectivity index (χ3v) is 7.52. The van der Waals surface area contributed by atoms with Gasteiger partial charge in [0.15, 0.2) is 16.9 Å². The number of benzene rings is 2. The molecule has 0 radical (unpaired) electrons. The van der Waals surface area contributed by atoms with Gasteiger partial charge in [0, 0.05) is 17.7 Å². The van der Waals surface area contributed by atoms with Crippen LogP contribution in [0.1, 0.15) is 11.7 Å². The van der Waals surface area contributed by atoms with Gasteiger partial charge in [0.25, 0.3) is 0 Å². The summed E-state index contributed by atoms with van der Waals surface area (Å²) in [6.07, 6.45) is -16.5. The SMILES string of the molecule is O=c1cc(-c2ccc(O)c(O[C@@H]3OC(CO)[C@@H](O)C(O)C3O)c2)oc2cc(O)c([C@@H]3OC(CO)[C@@H](O)[C@H](O)C3O)c(O)c12. The molecule has 234 valence electrons. The molecule has 11 N–H and O–H groups in total. The summed E-state index contributed by atoms with van der Waals surface area (Å²) in [6.45, 7) is -1.48. The molecule has 16 nitrogen and oxygen atoms in total. The number of phenolic OH excluding ortho intramolecular Hbond substituents is 3. The van der Waals surface area contributed by atoms with Crippen LogP contribution in [0, 0.1) is 0 Å². The Kier molecular flexibility index (Phi) is 8.52. The summed E-state index contributed by atoms with van der Waals surface area (Å²) in [5.41, 5.74) is -1.53. The zero-order valence-corrected chi connectivity index (χ0v) is 22.0. The monoisotopic (exact) mass is 610 g/mol. The van der Waals surface area contributed by atoms with Crippen LogP contribution in [0.25, 0.3) is 22.3 Å². The van der Waals surface area contributed by atoms with E-state index in [-0.39, 0.29) is 22.7 Å². The molecule has 0 saturated carbocycles. The average Bonchev–Trinajstić information content (AvgIpc) is 2.97. The minimum Gasteiger partial charge on any atom is -0.507 e. The highest BCUT2D eigenvalue weighted by molar-refractivity contribution is 5.88. The fourth-order valence-corrected chi connectivity index (χ4v) is 5.12. The second kappa shape index (κ2) is 11.9. The van der Waals surface area contributed by atoms with Crippen molar-refractivity contribution in [3.05, 3.63) is 46.1 Å². The number of aromatic hydroxyl groups is 3. The zero-order chi connectivity index (χ0) is 31.3. The molecule has 3 heterocycles. The van der Waals surface area contributed by atoms with Crippen LogP contribution in [0.3, 0.4) is 0 Å². The third kappa shape index (κ3) is 5.38. The highest BCUT2D eigenvalue weighted by Crippen LogP contribution is 2.45. The zero-order valence-electron chi connectivity index (χ0n) is 22.0. The Hall–Kier alpha value is -3.55. The summed E-state index contributed by atoms with van der Waals surface area (Å²) in [5.74, 6) is -2.48. The summed E-state index contributed by atoms with van der Waals surface area (Å²) in [6, 6.07) is 5.56. The number of aliphatic hydroxyl groups is 8. The Morgan fingerprint density at radius 3 is 2.00 bits per heavy atom. The van der Waals surface area contributed by atoms with Gasteiger partial charge in [-0.15, -0.1) is 0 Å². The minimum absolute atomic E-state index is 0.119. The maximum absolute atomic E-state index is 13.2. The number of hydrogen-bond acceptors (Lipinski definition) is 16. The Morgan fingerprint density at radius 1 is 0.721 bits per heavy atom. The molecule has 3 aromatic rings. The molecular formula is C27H30O16. The lowest BCUT2D eigenvalue weighted by molar-refractivity contribution is -0.277. The number of phenols is 3. The van der Waals surface area contributed by atoms with Crippen LogP contribution in [0.15, 0.2) is 39.5 Å². The van der Waals surface area contributed by atoms with Gasteiger partial charge in [0.2, 0.25) is 6.29 Å². The maximum Gasteiger partial charge on any atom is 0.229 e. The van der Waals surface area contributed by atoms with Gasteiger partial charge in [0.1, 0.15) is 83.2 Å². The summed E-state index contributed by atoms with van der Waals surface area (Å²) >= 11 is 0.